The predicted molar refractivity (Wildman–Crippen MR) is 48.0 cm³/mol. The van der Waals surface area contributed by atoms with E-state index < -0.39 is 28.4 Å². The van der Waals surface area contributed by atoms with Crippen molar-refractivity contribution in [3.63, 3.8) is 0 Å². The van der Waals surface area contributed by atoms with Crippen LogP contribution in [0.15, 0.2) is 21.9 Å². The van der Waals surface area contributed by atoms with Crippen LogP contribution in [0.1, 0.15) is 5.56 Å². The van der Waals surface area contributed by atoms with E-state index >= 15 is 0 Å². The van der Waals surface area contributed by atoms with Gasteiger partial charge in [-0.25, -0.2) is 4.98 Å². The summed E-state index contributed by atoms with van der Waals surface area (Å²) in [4.78, 5) is 29.1. The van der Waals surface area contributed by atoms with Crippen molar-refractivity contribution < 1.29 is 13.2 Å². The molecule has 16 heavy (non-hydrogen) atoms. The van der Waals surface area contributed by atoms with Gasteiger partial charge in [0.2, 0.25) is 0 Å². The van der Waals surface area contributed by atoms with E-state index in [0.717, 1.165) is 12.3 Å². The van der Waals surface area contributed by atoms with E-state index in [1.54, 1.807) is 0 Å². The monoisotopic (exact) mass is 231 g/mol. The summed E-state index contributed by atoms with van der Waals surface area (Å²) in [6.45, 7) is 0. The minimum atomic E-state index is -4.62. The second-order valence-electron chi connectivity index (χ2n) is 2.99. The lowest BCUT2D eigenvalue weighted by molar-refractivity contribution is -0.136. The Labute approximate surface area is 85.0 Å². The Morgan fingerprint density at radius 1 is 1.12 bits per heavy atom. The van der Waals surface area contributed by atoms with Gasteiger partial charge in [-0.05, 0) is 6.07 Å². The molecule has 0 amide bonds. The molecule has 0 aliphatic heterocycles. The van der Waals surface area contributed by atoms with Crippen molar-refractivity contribution in [3.05, 3.63) is 38.5 Å². The van der Waals surface area contributed by atoms with Crippen molar-refractivity contribution in [3.8, 4) is 0 Å². The summed E-state index contributed by atoms with van der Waals surface area (Å²) in [5.41, 5.74) is -4.07. The van der Waals surface area contributed by atoms with E-state index in [1.807, 2.05) is 9.97 Å². The molecule has 2 heterocycles. The zero-order valence-electron chi connectivity index (χ0n) is 7.55. The molecule has 0 saturated heterocycles. The summed E-state index contributed by atoms with van der Waals surface area (Å²) in [5.74, 6) is 0. The number of fused-ring (bicyclic) bond motifs is 1. The summed E-state index contributed by atoms with van der Waals surface area (Å²) in [5, 5.41) is 0. The van der Waals surface area contributed by atoms with Crippen LogP contribution in [-0.4, -0.2) is 15.0 Å². The maximum atomic E-state index is 12.5. The highest BCUT2D eigenvalue weighted by atomic mass is 19.4. The number of halogens is 3. The first-order valence-electron chi connectivity index (χ1n) is 4.08. The molecule has 2 N–H and O–H groups in total. The SMILES string of the molecule is O=c1[nH]c2nccc(C(F)(F)F)c2[nH]c1=O. The molecule has 0 aromatic carbocycles. The third kappa shape index (κ3) is 1.58. The fourth-order valence-electron chi connectivity index (χ4n) is 1.25. The average Bonchev–Trinajstić information content (AvgIpc) is 2.17. The number of pyridine rings is 1. The number of hydrogen-bond acceptors (Lipinski definition) is 3. The first-order valence-corrected chi connectivity index (χ1v) is 4.08. The fourth-order valence-corrected chi connectivity index (χ4v) is 1.25. The number of nitrogens with one attached hydrogen (secondary N) is 2. The van der Waals surface area contributed by atoms with E-state index in [4.69, 9.17) is 0 Å². The molecule has 0 unspecified atom stereocenters. The molecule has 2 rings (SSSR count). The smallest absolute Gasteiger partial charge is 0.314 e. The third-order valence-corrected chi connectivity index (χ3v) is 1.93. The van der Waals surface area contributed by atoms with Crippen LogP contribution in [0, 0.1) is 0 Å². The molecule has 8 heteroatoms. The second kappa shape index (κ2) is 3.19. The number of aromatic nitrogens is 3. The Balaban J connectivity index is 2.93. The van der Waals surface area contributed by atoms with Crippen LogP contribution in [0.4, 0.5) is 13.2 Å². The van der Waals surface area contributed by atoms with E-state index in [1.165, 1.54) is 0 Å². The number of alkyl halides is 3. The summed E-state index contributed by atoms with van der Waals surface area (Å²) >= 11 is 0. The summed E-state index contributed by atoms with van der Waals surface area (Å²) in [6, 6.07) is 0.719. The average molecular weight is 231 g/mol. The molecule has 0 radical (unpaired) electrons. The molecule has 5 nitrogen and oxygen atoms in total. The van der Waals surface area contributed by atoms with Gasteiger partial charge in [0.15, 0.2) is 5.65 Å². The van der Waals surface area contributed by atoms with Gasteiger partial charge in [-0.15, -0.1) is 0 Å². The van der Waals surface area contributed by atoms with Gasteiger partial charge in [0.1, 0.15) is 0 Å². The lowest BCUT2D eigenvalue weighted by Crippen LogP contribution is -2.30. The van der Waals surface area contributed by atoms with Gasteiger partial charge < -0.3 is 9.97 Å². The van der Waals surface area contributed by atoms with Crippen LogP contribution in [0.5, 0.6) is 0 Å². The molecule has 84 valence electrons. The summed E-state index contributed by atoms with van der Waals surface area (Å²) in [6.07, 6.45) is -3.72. The minimum absolute atomic E-state index is 0.306. The van der Waals surface area contributed by atoms with Crippen LogP contribution < -0.4 is 11.1 Å². The number of aromatic amines is 2. The first kappa shape index (κ1) is 10.4. The zero-order valence-corrected chi connectivity index (χ0v) is 7.55. The molecule has 0 spiro atoms. The Kier molecular flexibility index (Phi) is 2.07. The summed E-state index contributed by atoms with van der Waals surface area (Å²) < 4.78 is 37.5. The maximum Gasteiger partial charge on any atom is 0.418 e. The lowest BCUT2D eigenvalue weighted by atomic mass is 10.2. The van der Waals surface area contributed by atoms with Crippen LogP contribution in [0.25, 0.3) is 11.2 Å². The van der Waals surface area contributed by atoms with Crippen molar-refractivity contribution in [1.82, 2.24) is 15.0 Å². The minimum Gasteiger partial charge on any atom is -0.314 e. The molecule has 0 aliphatic rings. The number of hydrogen-bond donors (Lipinski definition) is 2. The van der Waals surface area contributed by atoms with Crippen molar-refractivity contribution in [2.24, 2.45) is 0 Å². The Morgan fingerprint density at radius 2 is 1.75 bits per heavy atom. The number of nitrogens with zero attached hydrogens (tertiary/aromatic N) is 1. The van der Waals surface area contributed by atoms with Crippen LogP contribution in [-0.2, 0) is 6.18 Å². The van der Waals surface area contributed by atoms with Gasteiger partial charge in [-0.1, -0.05) is 0 Å². The molecule has 0 bridgehead atoms. The van der Waals surface area contributed by atoms with E-state index in [0.29, 0.717) is 0 Å². The standard InChI is InChI=1S/C8H4F3N3O2/c9-8(10,11)3-1-2-12-5-4(3)13-6(15)7(16)14-5/h1-2H,(H,13,15)(H,12,14,16). The Hall–Kier alpha value is -2.12. The van der Waals surface area contributed by atoms with Gasteiger partial charge in [0.25, 0.3) is 0 Å². The van der Waals surface area contributed by atoms with E-state index in [-0.39, 0.29) is 5.65 Å². The van der Waals surface area contributed by atoms with Crippen LogP contribution >= 0.6 is 0 Å². The molecule has 2 aromatic rings. The first-order chi connectivity index (χ1) is 7.39. The lowest BCUT2D eigenvalue weighted by Gasteiger charge is -2.08. The quantitative estimate of drug-likeness (QED) is 0.652. The maximum absolute atomic E-state index is 12.5. The highest BCUT2D eigenvalue weighted by molar-refractivity contribution is 5.73. The zero-order chi connectivity index (χ0) is 11.9. The van der Waals surface area contributed by atoms with Crippen molar-refractivity contribution in [1.29, 1.82) is 0 Å². The predicted octanol–water partition coefficient (Wildman–Crippen LogP) is 0.630. The normalized spacial score (nSPS) is 11.9. The Bertz CT molecular complexity index is 656. The molecular weight excluding hydrogens is 227 g/mol. The topological polar surface area (TPSA) is 78.6 Å². The number of rotatable bonds is 0. The third-order valence-electron chi connectivity index (χ3n) is 1.93. The van der Waals surface area contributed by atoms with Gasteiger partial charge in [0, 0.05) is 6.20 Å². The van der Waals surface area contributed by atoms with Crippen molar-refractivity contribution in [2.45, 2.75) is 6.18 Å². The molecule has 0 fully saturated rings. The fraction of sp³-hybridized carbons (Fsp3) is 0.125. The van der Waals surface area contributed by atoms with Crippen molar-refractivity contribution in [2.75, 3.05) is 0 Å². The molecule has 0 aliphatic carbocycles. The number of H-pyrrole nitrogens is 2. The largest absolute Gasteiger partial charge is 0.418 e. The second-order valence-corrected chi connectivity index (χ2v) is 2.99. The molecule has 0 atom stereocenters. The molecule has 0 saturated carbocycles. The Morgan fingerprint density at radius 3 is 2.38 bits per heavy atom. The van der Waals surface area contributed by atoms with Gasteiger partial charge >= 0.3 is 17.3 Å². The molecule has 2 aromatic heterocycles. The van der Waals surface area contributed by atoms with Gasteiger partial charge in [-0.3, -0.25) is 9.59 Å². The van der Waals surface area contributed by atoms with E-state index in [9.17, 15) is 22.8 Å². The van der Waals surface area contributed by atoms with Gasteiger partial charge in [-0.2, -0.15) is 13.2 Å². The van der Waals surface area contributed by atoms with Crippen LogP contribution in [0.3, 0.4) is 0 Å². The highest BCUT2D eigenvalue weighted by Crippen LogP contribution is 2.31. The highest BCUT2D eigenvalue weighted by Gasteiger charge is 2.33. The van der Waals surface area contributed by atoms with Crippen LogP contribution in [0.2, 0.25) is 0 Å². The van der Waals surface area contributed by atoms with Gasteiger partial charge in [0.05, 0.1) is 11.1 Å². The van der Waals surface area contributed by atoms with Crippen molar-refractivity contribution >= 4 is 11.2 Å². The summed E-state index contributed by atoms with van der Waals surface area (Å²) in [7, 11) is 0. The van der Waals surface area contributed by atoms with E-state index in [2.05, 4.69) is 4.98 Å². The molecular formula is C8H4F3N3O2.